The van der Waals surface area contributed by atoms with Gasteiger partial charge in [0.2, 0.25) is 65.1 Å². The van der Waals surface area contributed by atoms with Crippen LogP contribution in [0.5, 0.6) is 0 Å². The van der Waals surface area contributed by atoms with E-state index in [9.17, 15) is 79.0 Å². The zero-order valence-corrected chi connectivity index (χ0v) is 61.6. The molecule has 0 spiro atoms. The zero-order valence-electron chi connectivity index (χ0n) is 58.3. The molecular weight excluding hydrogens is 1420 g/mol. The maximum Gasteiger partial charge on any atom is 0.315 e. The van der Waals surface area contributed by atoms with E-state index in [4.69, 9.17) is 15.0 Å². The summed E-state index contributed by atoms with van der Waals surface area (Å²) in [4.78, 5) is 150. The summed E-state index contributed by atoms with van der Waals surface area (Å²) in [7, 11) is -8.81. The van der Waals surface area contributed by atoms with Crippen molar-refractivity contribution >= 4 is 121 Å². The largest absolute Gasteiger partial charge is 0.481 e. The van der Waals surface area contributed by atoms with Crippen LogP contribution in [0, 0.1) is 5.92 Å². The minimum absolute atomic E-state index is 0.0133. The summed E-state index contributed by atoms with van der Waals surface area (Å²) in [6.45, 7) is 6.03. The quantitative estimate of drug-likeness (QED) is 0.0218. The maximum atomic E-state index is 14.0. The summed E-state index contributed by atoms with van der Waals surface area (Å²) in [6.07, 6.45) is 10.5. The summed E-state index contributed by atoms with van der Waals surface area (Å²) in [5.41, 5.74) is 0. The number of aliphatic carboxylic acids is 1. The minimum Gasteiger partial charge on any atom is -0.481 e. The lowest BCUT2D eigenvalue weighted by molar-refractivity contribution is -0.142. The summed E-state index contributed by atoms with van der Waals surface area (Å²) >= 11 is 3.77. The highest BCUT2D eigenvalue weighted by atomic mass is 32.2. The third-order valence-corrected chi connectivity index (χ3v) is 23.9. The average Bonchev–Trinajstić information content (AvgIpc) is 1.77. The van der Waals surface area contributed by atoms with Gasteiger partial charge in [0.1, 0.15) is 12.1 Å². The number of anilines is 3. The van der Waals surface area contributed by atoms with Crippen LogP contribution in [0.1, 0.15) is 154 Å². The second kappa shape index (κ2) is 40.3. The first-order valence-corrected chi connectivity index (χ1v) is 41.4. The number of carboxylic acid groups (broad SMARTS) is 1. The van der Waals surface area contributed by atoms with E-state index < -0.39 is 129 Å². The summed E-state index contributed by atoms with van der Waals surface area (Å²) in [5, 5.41) is 45.1. The number of piperidine rings is 3. The lowest BCUT2D eigenvalue weighted by Gasteiger charge is -2.36. The molecule has 8 unspecified atom stereocenters. The SMILES string of the molecule is C=C1NC2CSC(CCCCC(=O)NCCCCCC(=O)NC(CC(=O)NCCS(=O)(=O)O)C(=O)NC3CCN(c4nc(N5CCC(NC(=O)C(CC(=O)NCCS(=O)(=O)O)NC(=O)CCCCCNC(=O)CCCCC6SCC7NC(=O)NC76)CC5)nc(N5CCC(C(=O)O)CC5)n4)CC3)C2N1. The molecule has 35 nitrogen and oxygen atoms in total. The van der Waals surface area contributed by atoms with Gasteiger partial charge in [-0.3, -0.25) is 52.3 Å². The third kappa shape index (κ3) is 28.0. The van der Waals surface area contributed by atoms with E-state index in [1.807, 2.05) is 38.2 Å². The number of carbonyl (C=O) groups is 10. The van der Waals surface area contributed by atoms with Crippen LogP contribution in [-0.2, 0) is 63.4 Å². The molecule has 10 amide bonds. The summed E-state index contributed by atoms with van der Waals surface area (Å²) in [5.74, 6) is -3.09. The Kier molecular flexibility index (Phi) is 31.9. The van der Waals surface area contributed by atoms with Crippen molar-refractivity contribution in [3.8, 4) is 0 Å². The topological polar surface area (TPSA) is 492 Å². The Labute approximate surface area is 609 Å². The number of rotatable bonds is 42. The van der Waals surface area contributed by atoms with Gasteiger partial charge in [-0.2, -0.15) is 55.3 Å². The van der Waals surface area contributed by atoms with Crippen molar-refractivity contribution in [3.63, 3.8) is 0 Å². The van der Waals surface area contributed by atoms with E-state index in [-0.39, 0.29) is 42.8 Å². The van der Waals surface area contributed by atoms with Crippen LogP contribution in [0.2, 0.25) is 0 Å². The number of carbonyl (C=O) groups excluding carboxylic acids is 9. The van der Waals surface area contributed by atoms with E-state index in [2.05, 4.69) is 70.4 Å². The number of urea groups is 1. The van der Waals surface area contributed by atoms with Crippen LogP contribution >= 0.6 is 23.5 Å². The maximum absolute atomic E-state index is 14.0. The molecule has 8 atom stereocenters. The number of aromatic nitrogens is 3. The molecule has 0 aromatic carbocycles. The molecule has 15 N–H and O–H groups in total. The molecule has 8 heterocycles. The highest BCUT2D eigenvalue weighted by Gasteiger charge is 2.43. The molecule has 0 bridgehead atoms. The van der Waals surface area contributed by atoms with Crippen molar-refractivity contribution in [2.24, 2.45) is 5.92 Å². The standard InChI is InChI=1S/C64H104N18O17S4/c1-40-69-46-38-100-48(56(46)70-40)12-6-8-14-50(83)65-24-10-2-4-16-52(85)73-44(36-54(87)67-26-34-102(94,95)96)58(89)71-42-20-30-81(31-21-42)62-77-61(80-28-18-41(19-29-80)60(91)92)78-63(79-62)82-32-22-43(23-33-82)72-59(90)45(37-55(88)68-27-35-103(97,98)99)74-53(86)17-5-3-11-25-66-51(84)15-9-7-13-49-57-47(39-101-49)75-64(93)76-57/h41-49,56-57,69-70H,1-39H2,(H,65,83)(H,66,84)(H,67,87)(H,68,88)(H,71,89)(H,72,90)(H,73,85)(H,74,86)(H,91,92)(H2,75,76,93)(H,94,95,96)(H,97,98,99). The summed E-state index contributed by atoms with van der Waals surface area (Å²) in [6, 6.07) is -2.66. The monoisotopic (exact) mass is 1520 g/mol. The van der Waals surface area contributed by atoms with Crippen LogP contribution in [-0.4, -0.2) is 253 Å². The van der Waals surface area contributed by atoms with E-state index in [0.29, 0.717) is 183 Å². The molecule has 576 valence electrons. The van der Waals surface area contributed by atoms with E-state index >= 15 is 0 Å². The number of nitrogens with one attached hydrogen (secondary N) is 12. The van der Waals surface area contributed by atoms with Gasteiger partial charge in [-0.05, 0) is 89.9 Å². The van der Waals surface area contributed by atoms with Crippen molar-refractivity contribution in [1.29, 1.82) is 0 Å². The van der Waals surface area contributed by atoms with Gasteiger partial charge >= 0.3 is 12.0 Å². The van der Waals surface area contributed by atoms with Gasteiger partial charge < -0.3 is 83.6 Å². The van der Waals surface area contributed by atoms with E-state index in [1.54, 1.807) is 0 Å². The number of thioether (sulfide) groups is 2. The highest BCUT2D eigenvalue weighted by Crippen LogP contribution is 2.35. The van der Waals surface area contributed by atoms with Gasteiger partial charge in [0.15, 0.2) is 0 Å². The molecular formula is C64H104N18O17S4. The zero-order chi connectivity index (χ0) is 74.1. The Bertz CT molecular complexity index is 3150. The molecule has 1 aromatic rings. The molecule has 7 aliphatic heterocycles. The Morgan fingerprint density at radius 2 is 0.864 bits per heavy atom. The Balaban J connectivity index is 0.793. The first kappa shape index (κ1) is 81.4. The van der Waals surface area contributed by atoms with Gasteiger partial charge in [-0.15, -0.1) is 0 Å². The fraction of sp³-hybridized carbons (Fsp3) is 0.766. The van der Waals surface area contributed by atoms with Crippen LogP contribution in [0.3, 0.4) is 0 Å². The number of hydrogen-bond donors (Lipinski definition) is 15. The lowest BCUT2D eigenvalue weighted by atomic mass is 9.97. The van der Waals surface area contributed by atoms with Crippen LogP contribution in [0.4, 0.5) is 22.6 Å². The number of nitrogens with zero attached hydrogens (tertiary/aromatic N) is 6. The molecule has 1 aromatic heterocycles. The summed E-state index contributed by atoms with van der Waals surface area (Å²) < 4.78 is 63.8. The van der Waals surface area contributed by atoms with E-state index in [1.165, 1.54) is 0 Å². The third-order valence-electron chi connectivity index (χ3n) is 19.5. The number of fused-ring (bicyclic) bond motifs is 2. The van der Waals surface area contributed by atoms with Gasteiger partial charge in [0, 0.05) is 125 Å². The average molecular weight is 1530 g/mol. The van der Waals surface area contributed by atoms with Gasteiger partial charge in [0.05, 0.1) is 60.3 Å². The number of amides is 10. The fourth-order valence-corrected chi connectivity index (χ4v) is 17.5. The molecule has 7 saturated heterocycles. The molecule has 39 heteroatoms. The fourth-order valence-electron chi connectivity index (χ4n) is 13.7. The molecule has 0 aliphatic carbocycles. The molecule has 7 aliphatic rings. The predicted octanol–water partition coefficient (Wildman–Crippen LogP) is -0.744. The second-order valence-electron chi connectivity index (χ2n) is 27.5. The Hall–Kier alpha value is -7.23. The van der Waals surface area contributed by atoms with Crippen LogP contribution in [0.15, 0.2) is 12.4 Å². The minimum atomic E-state index is -4.41. The smallest absolute Gasteiger partial charge is 0.315 e. The lowest BCUT2D eigenvalue weighted by Crippen LogP contribution is -2.54. The van der Waals surface area contributed by atoms with Gasteiger partial charge in [-0.1, -0.05) is 32.3 Å². The van der Waals surface area contributed by atoms with Crippen molar-refractivity contribution in [1.82, 2.24) is 78.8 Å². The number of unbranched alkanes of at least 4 members (excludes halogenated alkanes) is 6. The molecule has 8 rings (SSSR count). The van der Waals surface area contributed by atoms with Gasteiger partial charge in [0.25, 0.3) is 20.2 Å². The van der Waals surface area contributed by atoms with Crippen molar-refractivity contribution in [2.45, 2.75) is 213 Å². The van der Waals surface area contributed by atoms with Gasteiger partial charge in [-0.25, -0.2) is 4.79 Å². The molecule has 103 heavy (non-hydrogen) atoms. The van der Waals surface area contributed by atoms with Crippen molar-refractivity contribution in [2.75, 3.05) is 103 Å². The molecule has 0 radical (unpaired) electrons. The first-order valence-electron chi connectivity index (χ1n) is 36.1. The van der Waals surface area contributed by atoms with Crippen molar-refractivity contribution in [3.05, 3.63) is 12.4 Å². The highest BCUT2D eigenvalue weighted by molar-refractivity contribution is 8.00. The normalized spacial score (nSPS) is 22.1. The molecule has 7 fully saturated rings. The number of hydrogen-bond acceptors (Lipinski definition) is 24. The molecule has 0 saturated carbocycles. The second-order valence-corrected chi connectivity index (χ2v) is 33.2. The van der Waals surface area contributed by atoms with Crippen molar-refractivity contribution < 1.29 is 79.0 Å². The van der Waals surface area contributed by atoms with Crippen LogP contribution in [0.25, 0.3) is 0 Å². The first-order chi connectivity index (χ1) is 49.2. The Morgan fingerprint density at radius 1 is 0.485 bits per heavy atom. The Morgan fingerprint density at radius 3 is 1.28 bits per heavy atom. The van der Waals surface area contributed by atoms with Crippen LogP contribution < -0.4 is 78.5 Å². The van der Waals surface area contributed by atoms with E-state index in [0.717, 1.165) is 55.9 Å². The predicted molar refractivity (Wildman–Crippen MR) is 386 cm³/mol. The number of carboxylic acids is 1.